The monoisotopic (exact) mass is 420 g/mol. The van der Waals surface area contributed by atoms with Gasteiger partial charge in [0.1, 0.15) is 0 Å². The highest BCUT2D eigenvalue weighted by Gasteiger charge is 2.29. The molecule has 4 aromatic carbocycles. The quantitative estimate of drug-likeness (QED) is 0.347. The van der Waals surface area contributed by atoms with Crippen LogP contribution in [-0.4, -0.2) is 17.0 Å². The molecule has 0 aliphatic carbocycles. The molecule has 0 fully saturated rings. The normalized spacial score (nSPS) is 11.6. The molecule has 0 unspecified atom stereocenters. The molecule has 0 saturated heterocycles. The van der Waals surface area contributed by atoms with Gasteiger partial charge in [0, 0.05) is 25.2 Å². The van der Waals surface area contributed by atoms with Crippen molar-refractivity contribution in [1.82, 2.24) is 4.90 Å². The van der Waals surface area contributed by atoms with E-state index in [1.54, 1.807) is 0 Å². The summed E-state index contributed by atoms with van der Waals surface area (Å²) in [5.74, 6) is 0. The van der Waals surface area contributed by atoms with E-state index in [1.165, 1.54) is 22.3 Å². The summed E-state index contributed by atoms with van der Waals surface area (Å²) in [6.45, 7) is 2.55. The minimum atomic E-state index is -0.383. The first-order valence-corrected chi connectivity index (χ1v) is 11.4. The van der Waals surface area contributed by atoms with Crippen molar-refractivity contribution in [3.8, 4) is 0 Å². The lowest BCUT2D eigenvalue weighted by Crippen LogP contribution is -2.53. The van der Waals surface area contributed by atoms with Gasteiger partial charge in [0.15, 0.2) is 0 Å². The molecule has 0 aliphatic rings. The third-order valence-electron chi connectivity index (χ3n) is 5.83. The largest absolute Gasteiger partial charge is 0.323 e. The zero-order chi connectivity index (χ0) is 22.1. The van der Waals surface area contributed by atoms with Crippen LogP contribution in [0, 0.1) is 0 Å². The fourth-order valence-corrected chi connectivity index (χ4v) is 4.48. The predicted molar refractivity (Wildman–Crippen MR) is 134 cm³/mol. The summed E-state index contributed by atoms with van der Waals surface area (Å²) in [6.07, 6.45) is 1.67. The van der Waals surface area contributed by atoms with Gasteiger partial charge in [-0.1, -0.05) is 121 Å². The van der Waals surface area contributed by atoms with Gasteiger partial charge in [0.25, 0.3) is 0 Å². The lowest BCUT2D eigenvalue weighted by atomic mass is 9.84. The maximum Gasteiger partial charge on any atom is 0.0365 e. The first-order valence-electron chi connectivity index (χ1n) is 11.4. The number of nitrogens with zero attached hydrogens (tertiary/aromatic N) is 1. The van der Waals surface area contributed by atoms with E-state index in [0.29, 0.717) is 0 Å². The van der Waals surface area contributed by atoms with Crippen LogP contribution in [0.15, 0.2) is 121 Å². The van der Waals surface area contributed by atoms with Crippen molar-refractivity contribution in [3.05, 3.63) is 144 Å². The van der Waals surface area contributed by atoms with Crippen LogP contribution < -0.4 is 5.73 Å². The molecule has 0 radical (unpaired) electrons. The molecule has 162 valence electrons. The second-order valence-corrected chi connectivity index (χ2v) is 8.80. The van der Waals surface area contributed by atoms with Crippen molar-refractivity contribution in [3.63, 3.8) is 0 Å². The van der Waals surface area contributed by atoms with Crippen LogP contribution in [-0.2, 0) is 25.9 Å². The molecule has 2 heteroatoms. The van der Waals surface area contributed by atoms with Crippen LogP contribution in [0.3, 0.4) is 0 Å². The Labute approximate surface area is 192 Å². The molecule has 0 spiro atoms. The molecule has 0 atom stereocenters. The second kappa shape index (κ2) is 10.9. The highest BCUT2D eigenvalue weighted by atomic mass is 15.1. The predicted octanol–water partition coefficient (Wildman–Crippen LogP) is 5.87. The maximum atomic E-state index is 7.23. The third-order valence-corrected chi connectivity index (χ3v) is 5.83. The number of rotatable bonds is 10. The Balaban J connectivity index is 1.61. The highest BCUT2D eigenvalue weighted by molar-refractivity contribution is 5.24. The van der Waals surface area contributed by atoms with E-state index in [0.717, 1.165) is 32.5 Å². The van der Waals surface area contributed by atoms with E-state index in [-0.39, 0.29) is 5.54 Å². The van der Waals surface area contributed by atoms with Crippen molar-refractivity contribution in [1.29, 1.82) is 0 Å². The number of hydrogen-bond acceptors (Lipinski definition) is 2. The topological polar surface area (TPSA) is 29.3 Å². The van der Waals surface area contributed by atoms with E-state index in [4.69, 9.17) is 5.73 Å². The molecule has 0 saturated carbocycles. The summed E-state index contributed by atoms with van der Waals surface area (Å²) in [5.41, 5.74) is 12.0. The molecule has 2 N–H and O–H groups in total. The summed E-state index contributed by atoms with van der Waals surface area (Å²) < 4.78 is 0. The average Bonchev–Trinajstić information content (AvgIpc) is 2.81. The molecule has 4 rings (SSSR count). The molecule has 0 heterocycles. The van der Waals surface area contributed by atoms with Gasteiger partial charge in [0.2, 0.25) is 0 Å². The van der Waals surface area contributed by atoms with Crippen LogP contribution >= 0.6 is 0 Å². The summed E-state index contributed by atoms with van der Waals surface area (Å²) in [5, 5.41) is 0. The van der Waals surface area contributed by atoms with Crippen molar-refractivity contribution in [2.75, 3.05) is 6.54 Å². The van der Waals surface area contributed by atoms with Crippen molar-refractivity contribution in [2.45, 2.75) is 31.5 Å². The fraction of sp³-hybridized carbons (Fsp3) is 0.200. The molecule has 4 aromatic rings. The summed E-state index contributed by atoms with van der Waals surface area (Å²) in [7, 11) is 0. The lowest BCUT2D eigenvalue weighted by Gasteiger charge is -2.36. The van der Waals surface area contributed by atoms with Crippen molar-refractivity contribution in [2.24, 2.45) is 5.73 Å². The molecule has 2 nitrogen and oxygen atoms in total. The van der Waals surface area contributed by atoms with Crippen LogP contribution in [0.2, 0.25) is 0 Å². The zero-order valence-electron chi connectivity index (χ0n) is 18.6. The first-order chi connectivity index (χ1) is 15.7. The minimum Gasteiger partial charge on any atom is -0.323 e. The number of benzene rings is 4. The van der Waals surface area contributed by atoms with Gasteiger partial charge >= 0.3 is 0 Å². The van der Waals surface area contributed by atoms with E-state index >= 15 is 0 Å². The summed E-state index contributed by atoms with van der Waals surface area (Å²) in [4.78, 5) is 2.50. The van der Waals surface area contributed by atoms with Gasteiger partial charge in [-0.15, -0.1) is 0 Å². The van der Waals surface area contributed by atoms with Crippen LogP contribution in [0.5, 0.6) is 0 Å². The van der Waals surface area contributed by atoms with Gasteiger partial charge in [0.05, 0.1) is 0 Å². The van der Waals surface area contributed by atoms with Crippen molar-refractivity contribution >= 4 is 0 Å². The van der Waals surface area contributed by atoms with Gasteiger partial charge in [-0.3, -0.25) is 4.90 Å². The van der Waals surface area contributed by atoms with Crippen LogP contribution in [0.1, 0.15) is 22.3 Å². The van der Waals surface area contributed by atoms with E-state index in [9.17, 15) is 0 Å². The molecule has 0 bridgehead atoms. The molecular weight excluding hydrogens is 388 g/mol. The smallest absolute Gasteiger partial charge is 0.0365 e. The SMILES string of the molecule is NC(Cc1ccccc1)(Cc1ccccc1)CN(Cc1ccccc1)Cc1ccccc1. The fourth-order valence-electron chi connectivity index (χ4n) is 4.48. The molecule has 32 heavy (non-hydrogen) atoms. The van der Waals surface area contributed by atoms with E-state index < -0.39 is 0 Å². The third kappa shape index (κ3) is 6.65. The van der Waals surface area contributed by atoms with E-state index in [1.807, 2.05) is 0 Å². The summed E-state index contributed by atoms with van der Waals surface area (Å²) in [6, 6.07) is 42.7. The Bertz CT molecular complexity index is 964. The molecule has 0 amide bonds. The van der Waals surface area contributed by atoms with Gasteiger partial charge in [-0.2, -0.15) is 0 Å². The molecular formula is C30H32N2. The van der Waals surface area contributed by atoms with Crippen LogP contribution in [0.4, 0.5) is 0 Å². The average molecular weight is 421 g/mol. The Kier molecular flexibility index (Phi) is 7.50. The van der Waals surface area contributed by atoms with Crippen LogP contribution in [0.25, 0.3) is 0 Å². The Morgan fingerprint density at radius 2 is 0.781 bits per heavy atom. The lowest BCUT2D eigenvalue weighted by molar-refractivity contribution is 0.190. The second-order valence-electron chi connectivity index (χ2n) is 8.80. The standard InChI is InChI=1S/C30H32N2/c31-30(21-26-13-5-1-6-14-26,22-27-15-7-2-8-16-27)25-32(23-28-17-9-3-10-18-28)24-29-19-11-4-12-20-29/h1-20H,21-25,31H2. The van der Waals surface area contributed by atoms with Gasteiger partial charge < -0.3 is 5.73 Å². The Morgan fingerprint density at radius 1 is 0.469 bits per heavy atom. The Hall–Kier alpha value is -3.20. The maximum absolute atomic E-state index is 7.23. The van der Waals surface area contributed by atoms with Crippen molar-refractivity contribution < 1.29 is 0 Å². The van der Waals surface area contributed by atoms with Gasteiger partial charge in [-0.05, 0) is 35.1 Å². The first kappa shape index (κ1) is 22.0. The number of nitrogens with two attached hydrogens (primary N) is 1. The summed E-state index contributed by atoms with van der Waals surface area (Å²) >= 11 is 0. The Morgan fingerprint density at radius 3 is 1.12 bits per heavy atom. The molecule has 0 aliphatic heterocycles. The highest BCUT2D eigenvalue weighted by Crippen LogP contribution is 2.21. The van der Waals surface area contributed by atoms with E-state index in [2.05, 4.69) is 126 Å². The minimum absolute atomic E-state index is 0.383. The number of hydrogen-bond donors (Lipinski definition) is 1. The van der Waals surface area contributed by atoms with Gasteiger partial charge in [-0.25, -0.2) is 0 Å². The molecule has 0 aromatic heterocycles. The zero-order valence-corrected chi connectivity index (χ0v) is 18.6.